The van der Waals surface area contributed by atoms with Crippen LogP contribution in [0.15, 0.2) is 24.5 Å². The van der Waals surface area contributed by atoms with Crippen molar-refractivity contribution in [3.05, 3.63) is 37.3 Å². The van der Waals surface area contributed by atoms with E-state index in [1.165, 1.54) is 0 Å². The van der Waals surface area contributed by atoms with Crippen LogP contribution in [0.3, 0.4) is 0 Å². The van der Waals surface area contributed by atoms with Crippen molar-refractivity contribution in [1.29, 1.82) is 0 Å². The topological polar surface area (TPSA) is 26.5 Å². The number of rotatable bonds is 1. The van der Waals surface area contributed by atoms with Crippen LogP contribution in [0, 0.1) is 14.0 Å². The molecule has 2 heterocycles. The zero-order valence-corrected chi connectivity index (χ0v) is 6.82. The molecule has 0 saturated heterocycles. The average Bonchev–Trinajstić information content (AvgIpc) is 2.47. The third-order valence-corrected chi connectivity index (χ3v) is 1.84. The summed E-state index contributed by atoms with van der Waals surface area (Å²) in [6.07, 6.45) is 3.74. The molecule has 1 radical (unpaired) electrons. The van der Waals surface area contributed by atoms with Crippen LogP contribution >= 0.6 is 0 Å². The first-order valence-corrected chi connectivity index (χ1v) is 3.67. The van der Waals surface area contributed by atoms with Gasteiger partial charge in [0.2, 0.25) is 0 Å². The molecule has 2 aromatic heterocycles. The molecule has 0 saturated carbocycles. The predicted molar refractivity (Wildman–Crippen MR) is 45.9 cm³/mol. The maximum atomic E-state index is 4.83. The van der Waals surface area contributed by atoms with Gasteiger partial charge in [-0.3, -0.25) is 0 Å². The van der Waals surface area contributed by atoms with Crippen molar-refractivity contribution < 1.29 is 4.74 Å². The van der Waals surface area contributed by atoms with E-state index in [-0.39, 0.29) is 0 Å². The van der Waals surface area contributed by atoms with E-state index >= 15 is 0 Å². The normalized spacial score (nSPS) is 10.5. The van der Waals surface area contributed by atoms with Gasteiger partial charge in [0.15, 0.2) is 0 Å². The molecule has 3 heteroatoms. The molecule has 0 atom stereocenters. The number of aromatic nitrogens is 2. The molecule has 12 heavy (non-hydrogen) atoms. The summed E-state index contributed by atoms with van der Waals surface area (Å²) in [6, 6.07) is 3.70. The number of nitrogens with zero attached hydrogens (tertiary/aromatic N) is 2. The Bertz CT molecular complexity index is 406. The van der Waals surface area contributed by atoms with Crippen molar-refractivity contribution in [3.8, 4) is 5.75 Å². The molecule has 0 amide bonds. The molecule has 0 aliphatic carbocycles. The maximum Gasteiger partial charge on any atom is 0.140 e. The van der Waals surface area contributed by atoms with Gasteiger partial charge >= 0.3 is 0 Å². The van der Waals surface area contributed by atoms with E-state index in [1.807, 2.05) is 35.9 Å². The van der Waals surface area contributed by atoms with Gasteiger partial charge in [0, 0.05) is 24.2 Å². The van der Waals surface area contributed by atoms with Gasteiger partial charge in [-0.2, -0.15) is 0 Å². The molecule has 0 aromatic carbocycles. The highest BCUT2D eigenvalue weighted by molar-refractivity contribution is 5.45. The number of fused-ring (bicyclic) bond motifs is 1. The Balaban J connectivity index is 2.69. The highest BCUT2D eigenvalue weighted by atomic mass is 16.5. The zero-order chi connectivity index (χ0) is 8.55. The van der Waals surface area contributed by atoms with Crippen LogP contribution in [-0.4, -0.2) is 9.38 Å². The summed E-state index contributed by atoms with van der Waals surface area (Å²) < 4.78 is 6.82. The van der Waals surface area contributed by atoms with Crippen molar-refractivity contribution in [3.63, 3.8) is 0 Å². The number of pyridine rings is 1. The summed E-state index contributed by atoms with van der Waals surface area (Å²) in [5.74, 6) is 0.730. The van der Waals surface area contributed by atoms with Crippen molar-refractivity contribution in [2.24, 2.45) is 0 Å². The Morgan fingerprint density at radius 2 is 2.42 bits per heavy atom. The molecule has 0 aliphatic heterocycles. The second-order valence-corrected chi connectivity index (χ2v) is 2.63. The van der Waals surface area contributed by atoms with Crippen LogP contribution < -0.4 is 4.74 Å². The number of imidazole rings is 1. The zero-order valence-electron chi connectivity index (χ0n) is 6.82. The minimum atomic E-state index is 0.730. The first kappa shape index (κ1) is 7.16. The number of ether oxygens (including phenoxy) is 1. The number of hydrogen-bond acceptors (Lipinski definition) is 2. The van der Waals surface area contributed by atoms with Crippen molar-refractivity contribution >= 4 is 5.65 Å². The Kier molecular flexibility index (Phi) is 1.50. The SMILES string of the molecule is [CH2]Oc1ccn2c(C)cnc2c1. The molecule has 0 spiro atoms. The van der Waals surface area contributed by atoms with Gasteiger partial charge in [-0.1, -0.05) is 0 Å². The van der Waals surface area contributed by atoms with Gasteiger partial charge in [0.25, 0.3) is 0 Å². The van der Waals surface area contributed by atoms with Crippen molar-refractivity contribution in [1.82, 2.24) is 9.38 Å². The number of aryl methyl sites for hydroxylation is 1. The first-order valence-electron chi connectivity index (χ1n) is 3.67. The van der Waals surface area contributed by atoms with Gasteiger partial charge in [-0.15, -0.1) is 0 Å². The Morgan fingerprint density at radius 1 is 1.58 bits per heavy atom. The average molecular weight is 161 g/mol. The lowest BCUT2D eigenvalue weighted by Gasteiger charge is -1.99. The molecule has 0 aliphatic rings. The van der Waals surface area contributed by atoms with Crippen molar-refractivity contribution in [2.75, 3.05) is 0 Å². The summed E-state index contributed by atoms with van der Waals surface area (Å²) >= 11 is 0. The van der Waals surface area contributed by atoms with E-state index < -0.39 is 0 Å². The largest absolute Gasteiger partial charge is 0.490 e. The lowest BCUT2D eigenvalue weighted by Crippen LogP contribution is -1.87. The minimum Gasteiger partial charge on any atom is -0.490 e. The summed E-state index contributed by atoms with van der Waals surface area (Å²) in [5.41, 5.74) is 1.99. The maximum absolute atomic E-state index is 4.83. The molecule has 0 fully saturated rings. The van der Waals surface area contributed by atoms with E-state index in [1.54, 1.807) is 0 Å². The Labute approximate surface area is 70.6 Å². The summed E-state index contributed by atoms with van der Waals surface area (Å²) in [6.45, 7) is 2.00. The third-order valence-electron chi connectivity index (χ3n) is 1.84. The molecule has 2 rings (SSSR count). The standard InChI is InChI=1S/C9H9N2O/c1-7-6-10-9-5-8(12-2)3-4-11(7)9/h3-6H,2H2,1H3. The molecule has 0 bridgehead atoms. The van der Waals surface area contributed by atoms with E-state index in [9.17, 15) is 0 Å². The van der Waals surface area contributed by atoms with Gasteiger partial charge in [-0.25, -0.2) is 4.98 Å². The summed E-state index contributed by atoms with van der Waals surface area (Å²) in [4.78, 5) is 4.18. The fourth-order valence-electron chi connectivity index (χ4n) is 1.18. The Morgan fingerprint density at radius 3 is 3.17 bits per heavy atom. The second-order valence-electron chi connectivity index (χ2n) is 2.63. The van der Waals surface area contributed by atoms with E-state index in [2.05, 4.69) is 12.1 Å². The van der Waals surface area contributed by atoms with Gasteiger partial charge in [0.05, 0.1) is 0 Å². The van der Waals surface area contributed by atoms with E-state index in [0.29, 0.717) is 0 Å². The fraction of sp³-hybridized carbons (Fsp3) is 0.111. The van der Waals surface area contributed by atoms with Crippen LogP contribution in [0.1, 0.15) is 5.69 Å². The van der Waals surface area contributed by atoms with Gasteiger partial charge in [0.1, 0.15) is 18.5 Å². The molecule has 0 N–H and O–H groups in total. The lowest BCUT2D eigenvalue weighted by molar-refractivity contribution is 0.472. The highest BCUT2D eigenvalue weighted by Crippen LogP contribution is 2.14. The van der Waals surface area contributed by atoms with Crippen LogP contribution in [0.25, 0.3) is 5.65 Å². The fourth-order valence-corrected chi connectivity index (χ4v) is 1.18. The molecule has 61 valence electrons. The van der Waals surface area contributed by atoms with Crippen molar-refractivity contribution in [2.45, 2.75) is 6.92 Å². The summed E-state index contributed by atoms with van der Waals surface area (Å²) in [5, 5.41) is 0. The summed E-state index contributed by atoms with van der Waals surface area (Å²) in [7, 11) is 3.33. The minimum absolute atomic E-state index is 0.730. The molecular weight excluding hydrogens is 152 g/mol. The van der Waals surface area contributed by atoms with Gasteiger partial charge < -0.3 is 9.14 Å². The van der Waals surface area contributed by atoms with E-state index in [4.69, 9.17) is 4.74 Å². The van der Waals surface area contributed by atoms with E-state index in [0.717, 1.165) is 17.1 Å². The predicted octanol–water partition coefficient (Wildman–Crippen LogP) is 1.81. The second kappa shape index (κ2) is 2.52. The monoisotopic (exact) mass is 161 g/mol. The Hall–Kier alpha value is -1.51. The molecule has 0 unspecified atom stereocenters. The first-order chi connectivity index (χ1) is 5.81. The van der Waals surface area contributed by atoms with Crippen LogP contribution in [0.5, 0.6) is 5.75 Å². The lowest BCUT2D eigenvalue weighted by atomic mass is 10.4. The van der Waals surface area contributed by atoms with Gasteiger partial charge in [-0.05, 0) is 13.0 Å². The molecular formula is C9H9N2O. The number of hydrogen-bond donors (Lipinski definition) is 0. The third kappa shape index (κ3) is 0.942. The molecule has 2 aromatic rings. The smallest absolute Gasteiger partial charge is 0.140 e. The van der Waals surface area contributed by atoms with Crippen LogP contribution in [0.2, 0.25) is 0 Å². The van der Waals surface area contributed by atoms with Crippen LogP contribution in [0.4, 0.5) is 0 Å². The van der Waals surface area contributed by atoms with Crippen LogP contribution in [-0.2, 0) is 0 Å². The quantitative estimate of drug-likeness (QED) is 0.637. The molecule has 3 nitrogen and oxygen atoms in total. The highest BCUT2D eigenvalue weighted by Gasteiger charge is 1.98.